The first-order chi connectivity index (χ1) is 9.08. The van der Waals surface area contributed by atoms with Crippen molar-refractivity contribution in [3.05, 3.63) is 18.0 Å². The quantitative estimate of drug-likeness (QED) is 0.776. The largest absolute Gasteiger partial charge is 0.476 e. The second-order valence-corrected chi connectivity index (χ2v) is 4.40. The molecule has 0 fully saturated rings. The lowest BCUT2D eigenvalue weighted by molar-refractivity contribution is -0.131. The van der Waals surface area contributed by atoms with Crippen LogP contribution in [0.25, 0.3) is 0 Å². The fraction of sp³-hybridized carbons (Fsp3) is 0.615. The lowest BCUT2D eigenvalue weighted by atomic mass is 10.3. The van der Waals surface area contributed by atoms with Crippen molar-refractivity contribution >= 4 is 11.9 Å². The summed E-state index contributed by atoms with van der Waals surface area (Å²) in [5.41, 5.74) is 0.00595. The monoisotopic (exact) mass is 267 g/mol. The van der Waals surface area contributed by atoms with Crippen molar-refractivity contribution in [2.45, 2.75) is 39.7 Å². The van der Waals surface area contributed by atoms with E-state index in [1.54, 1.807) is 6.20 Å². The average Bonchev–Trinajstić information content (AvgIpc) is 2.84. The summed E-state index contributed by atoms with van der Waals surface area (Å²) in [7, 11) is 0. The van der Waals surface area contributed by atoms with Gasteiger partial charge < -0.3 is 10.0 Å². The van der Waals surface area contributed by atoms with Crippen LogP contribution in [-0.4, -0.2) is 44.8 Å². The highest BCUT2D eigenvalue weighted by molar-refractivity contribution is 5.85. The third-order valence-electron chi connectivity index (χ3n) is 2.75. The molecule has 1 N–H and O–H groups in total. The van der Waals surface area contributed by atoms with Gasteiger partial charge in [-0.05, 0) is 18.9 Å². The summed E-state index contributed by atoms with van der Waals surface area (Å²) >= 11 is 0. The Balaban J connectivity index is 2.49. The smallest absolute Gasteiger partial charge is 0.356 e. The molecular formula is C13H21N3O3. The van der Waals surface area contributed by atoms with Gasteiger partial charge in [-0.3, -0.25) is 9.48 Å². The highest BCUT2D eigenvalue weighted by atomic mass is 16.4. The van der Waals surface area contributed by atoms with E-state index < -0.39 is 5.97 Å². The number of aromatic nitrogens is 2. The van der Waals surface area contributed by atoms with Gasteiger partial charge in [-0.1, -0.05) is 13.8 Å². The summed E-state index contributed by atoms with van der Waals surface area (Å²) in [4.78, 5) is 24.5. The normalized spacial score (nSPS) is 10.4. The molecule has 0 bridgehead atoms. The highest BCUT2D eigenvalue weighted by Gasteiger charge is 2.12. The number of hydrogen-bond acceptors (Lipinski definition) is 3. The van der Waals surface area contributed by atoms with Crippen LogP contribution >= 0.6 is 0 Å². The summed E-state index contributed by atoms with van der Waals surface area (Å²) in [5.74, 6) is -0.959. The number of carboxylic acid groups (broad SMARTS) is 1. The summed E-state index contributed by atoms with van der Waals surface area (Å²) in [6, 6.07) is 1.43. The van der Waals surface area contributed by atoms with Gasteiger partial charge in [-0.15, -0.1) is 0 Å². The molecular weight excluding hydrogens is 246 g/mol. The third kappa shape index (κ3) is 4.73. The van der Waals surface area contributed by atoms with Crippen LogP contribution < -0.4 is 0 Å². The minimum absolute atomic E-state index is 0.00595. The molecule has 0 unspecified atom stereocenters. The Labute approximate surface area is 113 Å². The van der Waals surface area contributed by atoms with E-state index in [-0.39, 0.29) is 11.6 Å². The molecule has 106 valence electrons. The Morgan fingerprint density at radius 1 is 1.32 bits per heavy atom. The van der Waals surface area contributed by atoms with Crippen LogP contribution in [0.2, 0.25) is 0 Å². The predicted octanol–water partition coefficient (Wildman–Crippen LogP) is 1.62. The van der Waals surface area contributed by atoms with E-state index in [0.29, 0.717) is 13.0 Å². The van der Waals surface area contributed by atoms with Crippen LogP contribution in [0.15, 0.2) is 12.3 Å². The third-order valence-corrected chi connectivity index (χ3v) is 2.75. The molecule has 0 aromatic carbocycles. The van der Waals surface area contributed by atoms with Gasteiger partial charge in [0.2, 0.25) is 5.91 Å². The van der Waals surface area contributed by atoms with E-state index in [1.165, 1.54) is 10.7 Å². The molecule has 0 spiro atoms. The number of hydrogen-bond donors (Lipinski definition) is 1. The number of aryl methyl sites for hydroxylation is 1. The van der Waals surface area contributed by atoms with Crippen LogP contribution in [0.4, 0.5) is 0 Å². The van der Waals surface area contributed by atoms with Crippen LogP contribution in [0.5, 0.6) is 0 Å². The van der Waals surface area contributed by atoms with Gasteiger partial charge in [-0.25, -0.2) is 4.79 Å². The van der Waals surface area contributed by atoms with Crippen molar-refractivity contribution < 1.29 is 14.7 Å². The van der Waals surface area contributed by atoms with Crippen molar-refractivity contribution in [2.75, 3.05) is 13.1 Å². The van der Waals surface area contributed by atoms with E-state index in [9.17, 15) is 9.59 Å². The fourth-order valence-electron chi connectivity index (χ4n) is 1.87. The molecule has 0 aliphatic carbocycles. The summed E-state index contributed by atoms with van der Waals surface area (Å²) < 4.78 is 1.50. The maximum absolute atomic E-state index is 12.0. The minimum Gasteiger partial charge on any atom is -0.476 e. The second kappa shape index (κ2) is 7.56. The number of rotatable bonds is 8. The molecule has 6 nitrogen and oxygen atoms in total. The highest BCUT2D eigenvalue weighted by Crippen LogP contribution is 2.02. The maximum Gasteiger partial charge on any atom is 0.356 e. The Morgan fingerprint density at radius 3 is 2.42 bits per heavy atom. The van der Waals surface area contributed by atoms with Gasteiger partial charge >= 0.3 is 5.97 Å². The van der Waals surface area contributed by atoms with Crippen LogP contribution in [0.1, 0.15) is 43.6 Å². The van der Waals surface area contributed by atoms with Gasteiger partial charge in [0.05, 0.1) is 0 Å². The van der Waals surface area contributed by atoms with Crippen LogP contribution in [0, 0.1) is 0 Å². The molecule has 1 rings (SSSR count). The van der Waals surface area contributed by atoms with E-state index in [4.69, 9.17) is 5.11 Å². The lowest BCUT2D eigenvalue weighted by Crippen LogP contribution is -2.33. The Morgan fingerprint density at radius 2 is 1.95 bits per heavy atom. The molecule has 0 saturated carbocycles. The minimum atomic E-state index is -1.05. The first-order valence-corrected chi connectivity index (χ1v) is 6.63. The average molecular weight is 267 g/mol. The molecule has 1 heterocycles. The summed E-state index contributed by atoms with van der Waals surface area (Å²) in [5, 5.41) is 12.6. The molecule has 1 aromatic heterocycles. The Kier molecular flexibility index (Phi) is 6.05. The van der Waals surface area contributed by atoms with E-state index in [1.807, 2.05) is 18.7 Å². The molecule has 0 aliphatic rings. The van der Waals surface area contributed by atoms with Gasteiger partial charge in [0.15, 0.2) is 5.69 Å². The van der Waals surface area contributed by atoms with Crippen molar-refractivity contribution in [3.8, 4) is 0 Å². The first kappa shape index (κ1) is 15.2. The topological polar surface area (TPSA) is 75.4 Å². The van der Waals surface area contributed by atoms with Crippen molar-refractivity contribution in [1.82, 2.24) is 14.7 Å². The van der Waals surface area contributed by atoms with Gasteiger partial charge in [-0.2, -0.15) is 5.10 Å². The van der Waals surface area contributed by atoms with Gasteiger partial charge in [0.25, 0.3) is 0 Å². The van der Waals surface area contributed by atoms with E-state index in [0.717, 1.165) is 25.9 Å². The zero-order valence-corrected chi connectivity index (χ0v) is 11.5. The zero-order chi connectivity index (χ0) is 14.3. The summed E-state index contributed by atoms with van der Waals surface area (Å²) in [6.07, 6.45) is 3.81. The molecule has 6 heteroatoms. The number of nitrogens with zero attached hydrogens (tertiary/aromatic N) is 3. The Bertz CT molecular complexity index is 423. The maximum atomic E-state index is 12.0. The summed E-state index contributed by atoms with van der Waals surface area (Å²) in [6.45, 7) is 6.04. The fourth-order valence-corrected chi connectivity index (χ4v) is 1.87. The van der Waals surface area contributed by atoms with E-state index in [2.05, 4.69) is 5.10 Å². The standard InChI is InChI=1S/C13H21N3O3/c1-3-7-15(8-4-2)12(17)6-10-16-9-5-11(14-16)13(18)19/h5,9H,3-4,6-8,10H2,1-2H3,(H,18,19). The van der Waals surface area contributed by atoms with Gasteiger partial charge in [0, 0.05) is 32.3 Å². The molecule has 19 heavy (non-hydrogen) atoms. The number of carbonyl (C=O) groups is 2. The molecule has 1 aromatic rings. The predicted molar refractivity (Wildman–Crippen MR) is 71.0 cm³/mol. The van der Waals surface area contributed by atoms with Crippen molar-refractivity contribution in [1.29, 1.82) is 0 Å². The van der Waals surface area contributed by atoms with Crippen LogP contribution in [0.3, 0.4) is 0 Å². The number of aromatic carboxylic acids is 1. The van der Waals surface area contributed by atoms with Crippen molar-refractivity contribution in [2.24, 2.45) is 0 Å². The first-order valence-electron chi connectivity index (χ1n) is 6.63. The van der Waals surface area contributed by atoms with Gasteiger partial charge in [0.1, 0.15) is 0 Å². The number of carbonyl (C=O) groups excluding carboxylic acids is 1. The molecule has 0 aliphatic heterocycles. The Hall–Kier alpha value is -1.85. The van der Waals surface area contributed by atoms with Crippen LogP contribution in [-0.2, 0) is 11.3 Å². The molecule has 0 saturated heterocycles. The SMILES string of the molecule is CCCN(CCC)C(=O)CCn1ccc(C(=O)O)n1. The second-order valence-electron chi connectivity index (χ2n) is 4.40. The lowest BCUT2D eigenvalue weighted by Gasteiger charge is -2.21. The molecule has 0 atom stereocenters. The molecule has 1 amide bonds. The van der Waals surface area contributed by atoms with E-state index >= 15 is 0 Å². The van der Waals surface area contributed by atoms with Crippen molar-refractivity contribution in [3.63, 3.8) is 0 Å². The molecule has 0 radical (unpaired) electrons. The number of amides is 1. The number of carboxylic acids is 1. The zero-order valence-electron chi connectivity index (χ0n) is 11.5.